The zero-order valence-electron chi connectivity index (χ0n) is 15.3. The van der Waals surface area contributed by atoms with Crippen molar-refractivity contribution in [3.05, 3.63) is 29.8 Å². The van der Waals surface area contributed by atoms with Gasteiger partial charge in [-0.2, -0.15) is 0 Å². The zero-order valence-corrected chi connectivity index (χ0v) is 16.1. The normalized spacial score (nSPS) is 15.0. The third kappa shape index (κ3) is 6.01. The maximum atomic E-state index is 12.4. The Hall–Kier alpha value is -2.09. The van der Waals surface area contributed by atoms with Crippen LogP contribution in [0.1, 0.15) is 18.4 Å². The van der Waals surface area contributed by atoms with E-state index in [-0.39, 0.29) is 24.0 Å². The number of nitrogens with zero attached hydrogens (tertiary/aromatic N) is 2. The van der Waals surface area contributed by atoms with Gasteiger partial charge in [-0.15, -0.1) is 0 Å². The molecular weight excluding hydrogens is 356 g/mol. The lowest BCUT2D eigenvalue weighted by molar-refractivity contribution is -0.139. The van der Waals surface area contributed by atoms with E-state index in [1.807, 2.05) is 24.3 Å². The average Bonchev–Trinajstić information content (AvgIpc) is 2.64. The van der Waals surface area contributed by atoms with Gasteiger partial charge in [0.15, 0.2) is 0 Å². The van der Waals surface area contributed by atoms with Crippen LogP contribution in [0.15, 0.2) is 24.3 Å². The molecule has 0 spiro atoms. The van der Waals surface area contributed by atoms with Gasteiger partial charge < -0.3 is 14.5 Å². The largest absolute Gasteiger partial charge is 0.496 e. The summed E-state index contributed by atoms with van der Waals surface area (Å²) in [5, 5.41) is 0. The molecule has 8 heteroatoms. The number of para-hydroxylation sites is 1. The third-order valence-electron chi connectivity index (χ3n) is 4.47. The Morgan fingerprint density at radius 2 is 1.54 bits per heavy atom. The van der Waals surface area contributed by atoms with Gasteiger partial charge in [0.05, 0.1) is 12.9 Å². The van der Waals surface area contributed by atoms with Crippen LogP contribution in [-0.2, 0) is 25.8 Å². The number of carbonyl (C=O) groups is 2. The Morgan fingerprint density at radius 1 is 1.00 bits per heavy atom. The van der Waals surface area contributed by atoms with Gasteiger partial charge in [-0.1, -0.05) is 18.2 Å². The van der Waals surface area contributed by atoms with E-state index in [4.69, 9.17) is 4.74 Å². The van der Waals surface area contributed by atoms with Crippen molar-refractivity contribution < 1.29 is 22.7 Å². The predicted octanol–water partition coefficient (Wildman–Crippen LogP) is 0.733. The summed E-state index contributed by atoms with van der Waals surface area (Å²) in [6.07, 6.45) is 2.12. The number of amides is 2. The van der Waals surface area contributed by atoms with Crippen LogP contribution in [0.2, 0.25) is 0 Å². The van der Waals surface area contributed by atoms with Crippen LogP contribution in [0.5, 0.6) is 5.75 Å². The Kier molecular flexibility index (Phi) is 7.02. The van der Waals surface area contributed by atoms with Gasteiger partial charge in [0.1, 0.15) is 15.6 Å². The van der Waals surface area contributed by atoms with Crippen LogP contribution < -0.4 is 4.74 Å². The number of carbonyl (C=O) groups excluding carboxylic acids is 2. The topological polar surface area (TPSA) is 84.0 Å². The van der Waals surface area contributed by atoms with Crippen molar-refractivity contribution in [2.75, 3.05) is 45.3 Å². The van der Waals surface area contributed by atoms with Gasteiger partial charge in [0.2, 0.25) is 11.8 Å². The first-order valence-corrected chi connectivity index (χ1v) is 10.7. The number of methoxy groups -OCH3 is 1. The van der Waals surface area contributed by atoms with Gasteiger partial charge in [0.25, 0.3) is 0 Å². The first kappa shape index (κ1) is 20.2. The molecule has 0 radical (unpaired) electrons. The highest BCUT2D eigenvalue weighted by Gasteiger charge is 2.24. The molecule has 1 fully saturated rings. The molecule has 1 saturated heterocycles. The summed E-state index contributed by atoms with van der Waals surface area (Å²) < 4.78 is 27.6. The molecule has 1 heterocycles. The van der Waals surface area contributed by atoms with Crippen molar-refractivity contribution in [2.24, 2.45) is 0 Å². The molecule has 144 valence electrons. The molecule has 0 aliphatic carbocycles. The number of sulfone groups is 1. The lowest BCUT2D eigenvalue weighted by atomic mass is 10.1. The first-order valence-electron chi connectivity index (χ1n) is 8.65. The van der Waals surface area contributed by atoms with Crippen molar-refractivity contribution >= 4 is 21.7 Å². The molecule has 7 nitrogen and oxygen atoms in total. The summed E-state index contributed by atoms with van der Waals surface area (Å²) in [4.78, 5) is 27.8. The Labute approximate surface area is 154 Å². The number of piperazine rings is 1. The lowest BCUT2D eigenvalue weighted by Gasteiger charge is -2.35. The highest BCUT2D eigenvalue weighted by molar-refractivity contribution is 7.90. The predicted molar refractivity (Wildman–Crippen MR) is 98.8 cm³/mol. The molecule has 0 aromatic heterocycles. The second-order valence-electron chi connectivity index (χ2n) is 6.45. The number of rotatable bonds is 7. The van der Waals surface area contributed by atoms with Gasteiger partial charge in [0, 0.05) is 45.3 Å². The van der Waals surface area contributed by atoms with E-state index < -0.39 is 9.84 Å². The van der Waals surface area contributed by atoms with Crippen LogP contribution >= 0.6 is 0 Å². The van der Waals surface area contributed by atoms with Crippen molar-refractivity contribution in [3.63, 3.8) is 0 Å². The molecule has 1 aliphatic heterocycles. The van der Waals surface area contributed by atoms with E-state index in [0.29, 0.717) is 39.0 Å². The molecule has 0 saturated carbocycles. The summed E-state index contributed by atoms with van der Waals surface area (Å²) in [7, 11) is -1.53. The third-order valence-corrected chi connectivity index (χ3v) is 5.42. The molecule has 2 rings (SSSR count). The fourth-order valence-electron chi connectivity index (χ4n) is 2.95. The molecule has 0 bridgehead atoms. The van der Waals surface area contributed by atoms with Crippen molar-refractivity contribution in [1.82, 2.24) is 9.80 Å². The molecule has 0 unspecified atom stereocenters. The van der Waals surface area contributed by atoms with Gasteiger partial charge >= 0.3 is 0 Å². The standard InChI is InChI=1S/C18H26N2O5S/c1-25-16-6-4-3-5-15(16)7-8-17(21)19-10-12-20(13-11-19)18(22)9-14-26(2,23)24/h3-6H,7-14H2,1-2H3. The molecule has 1 aliphatic rings. The second-order valence-corrected chi connectivity index (χ2v) is 8.71. The molecule has 1 aromatic rings. The van der Waals surface area contributed by atoms with E-state index in [9.17, 15) is 18.0 Å². The fraction of sp³-hybridized carbons (Fsp3) is 0.556. The number of hydrogen-bond donors (Lipinski definition) is 0. The van der Waals surface area contributed by atoms with Crippen LogP contribution in [-0.4, -0.2) is 75.3 Å². The number of aryl methyl sites for hydroxylation is 1. The first-order chi connectivity index (χ1) is 12.3. The molecule has 0 N–H and O–H groups in total. The minimum atomic E-state index is -3.14. The fourth-order valence-corrected chi connectivity index (χ4v) is 3.49. The van der Waals surface area contributed by atoms with Crippen molar-refractivity contribution in [2.45, 2.75) is 19.3 Å². The van der Waals surface area contributed by atoms with Gasteiger partial charge in [-0.05, 0) is 18.1 Å². The van der Waals surface area contributed by atoms with Crippen LogP contribution in [0.4, 0.5) is 0 Å². The van der Waals surface area contributed by atoms with Crippen molar-refractivity contribution in [3.8, 4) is 5.75 Å². The highest BCUT2D eigenvalue weighted by Crippen LogP contribution is 2.19. The van der Waals surface area contributed by atoms with Crippen molar-refractivity contribution in [1.29, 1.82) is 0 Å². The summed E-state index contributed by atoms with van der Waals surface area (Å²) in [5.41, 5.74) is 0.998. The lowest BCUT2D eigenvalue weighted by Crippen LogP contribution is -2.50. The van der Waals surface area contributed by atoms with Crippen LogP contribution in [0.25, 0.3) is 0 Å². The highest BCUT2D eigenvalue weighted by atomic mass is 32.2. The summed E-state index contributed by atoms with van der Waals surface area (Å²) in [6, 6.07) is 7.64. The number of ether oxygens (including phenoxy) is 1. The smallest absolute Gasteiger partial charge is 0.223 e. The van der Waals surface area contributed by atoms with E-state index >= 15 is 0 Å². The quantitative estimate of drug-likeness (QED) is 0.694. The molecule has 0 atom stereocenters. The van der Waals surface area contributed by atoms with Crippen LogP contribution in [0, 0.1) is 0 Å². The summed E-state index contributed by atoms with van der Waals surface area (Å²) in [6.45, 7) is 1.86. The van der Waals surface area contributed by atoms with Gasteiger partial charge in [-0.3, -0.25) is 9.59 Å². The molecular formula is C18H26N2O5S. The van der Waals surface area contributed by atoms with E-state index in [0.717, 1.165) is 17.6 Å². The minimum Gasteiger partial charge on any atom is -0.496 e. The maximum absolute atomic E-state index is 12.4. The Morgan fingerprint density at radius 3 is 2.08 bits per heavy atom. The van der Waals surface area contributed by atoms with E-state index in [1.54, 1.807) is 16.9 Å². The zero-order chi connectivity index (χ0) is 19.2. The molecule has 26 heavy (non-hydrogen) atoms. The molecule has 1 aromatic carbocycles. The van der Waals surface area contributed by atoms with E-state index in [2.05, 4.69) is 0 Å². The minimum absolute atomic E-state index is 0.000577. The Balaban J connectivity index is 1.78. The summed E-state index contributed by atoms with van der Waals surface area (Å²) >= 11 is 0. The second kappa shape index (κ2) is 9.02. The van der Waals surface area contributed by atoms with Crippen LogP contribution in [0.3, 0.4) is 0 Å². The number of benzene rings is 1. The SMILES string of the molecule is COc1ccccc1CCC(=O)N1CCN(C(=O)CCS(C)(=O)=O)CC1. The average molecular weight is 382 g/mol. The Bertz CT molecular complexity index is 740. The number of hydrogen-bond acceptors (Lipinski definition) is 5. The van der Waals surface area contributed by atoms with E-state index in [1.165, 1.54) is 0 Å². The monoisotopic (exact) mass is 382 g/mol. The maximum Gasteiger partial charge on any atom is 0.223 e. The van der Waals surface area contributed by atoms with Gasteiger partial charge in [-0.25, -0.2) is 8.42 Å². The summed E-state index contributed by atoms with van der Waals surface area (Å²) in [5.74, 6) is 0.529. The molecule has 2 amide bonds.